The summed E-state index contributed by atoms with van der Waals surface area (Å²) in [6.07, 6.45) is 5.40. The van der Waals surface area contributed by atoms with Crippen molar-refractivity contribution in [1.82, 2.24) is 14.9 Å². The lowest BCUT2D eigenvalue weighted by atomic mass is 10.1. The maximum absolute atomic E-state index is 5.89. The summed E-state index contributed by atoms with van der Waals surface area (Å²) >= 11 is 0. The van der Waals surface area contributed by atoms with Crippen molar-refractivity contribution in [2.75, 3.05) is 32.6 Å². The Hall–Kier alpha value is -3.32. The number of nitrogens with one attached hydrogen (secondary N) is 1. The van der Waals surface area contributed by atoms with Gasteiger partial charge in [0.25, 0.3) is 0 Å². The summed E-state index contributed by atoms with van der Waals surface area (Å²) in [5.74, 6) is 2.30. The molecule has 0 atom stereocenters. The second-order valence-electron chi connectivity index (χ2n) is 7.14. The van der Waals surface area contributed by atoms with Crippen LogP contribution in [0.25, 0.3) is 0 Å². The number of pyridine rings is 2. The number of benzene rings is 1. The minimum absolute atomic E-state index is 0.442. The molecule has 7 heteroatoms. The smallest absolute Gasteiger partial charge is 0.213 e. The second-order valence-corrected chi connectivity index (χ2v) is 7.14. The molecule has 0 radical (unpaired) electrons. The third-order valence-electron chi connectivity index (χ3n) is 5.09. The van der Waals surface area contributed by atoms with Gasteiger partial charge in [-0.05, 0) is 29.8 Å². The summed E-state index contributed by atoms with van der Waals surface area (Å²) in [6.45, 7) is 3.74. The fraction of sp³-hybridized carbons (Fsp3) is 0.304. The van der Waals surface area contributed by atoms with Crippen LogP contribution in [0.1, 0.15) is 16.7 Å². The first-order valence-electron chi connectivity index (χ1n) is 9.93. The largest absolute Gasteiger partial charge is 0.497 e. The quantitative estimate of drug-likeness (QED) is 0.644. The van der Waals surface area contributed by atoms with Gasteiger partial charge in [0.2, 0.25) is 5.88 Å². The van der Waals surface area contributed by atoms with Crippen LogP contribution in [0.15, 0.2) is 55.0 Å². The van der Waals surface area contributed by atoms with E-state index in [0.717, 1.165) is 60.1 Å². The van der Waals surface area contributed by atoms with E-state index in [1.807, 2.05) is 42.6 Å². The van der Waals surface area contributed by atoms with Crippen LogP contribution in [0, 0.1) is 0 Å². The Morgan fingerprint density at radius 3 is 2.83 bits per heavy atom. The van der Waals surface area contributed by atoms with Gasteiger partial charge in [0, 0.05) is 55.8 Å². The van der Waals surface area contributed by atoms with Crippen LogP contribution in [-0.2, 0) is 19.7 Å². The summed E-state index contributed by atoms with van der Waals surface area (Å²) in [5.41, 5.74) is 4.32. The van der Waals surface area contributed by atoms with Crippen molar-refractivity contribution in [2.45, 2.75) is 19.7 Å². The summed E-state index contributed by atoms with van der Waals surface area (Å²) in [4.78, 5) is 10.9. The van der Waals surface area contributed by atoms with Gasteiger partial charge in [-0.2, -0.15) is 0 Å². The molecule has 0 aliphatic carbocycles. The number of hydrogen-bond donors (Lipinski definition) is 1. The van der Waals surface area contributed by atoms with Gasteiger partial charge in [-0.15, -0.1) is 0 Å². The highest BCUT2D eigenvalue weighted by Crippen LogP contribution is 2.28. The molecular weight excluding hydrogens is 380 g/mol. The maximum Gasteiger partial charge on any atom is 0.213 e. The zero-order valence-electron chi connectivity index (χ0n) is 17.3. The van der Waals surface area contributed by atoms with E-state index < -0.39 is 0 Å². The predicted octanol–water partition coefficient (Wildman–Crippen LogP) is 3.50. The maximum atomic E-state index is 5.89. The highest BCUT2D eigenvalue weighted by Gasteiger charge is 2.17. The van der Waals surface area contributed by atoms with Crippen molar-refractivity contribution >= 4 is 5.69 Å². The van der Waals surface area contributed by atoms with Crippen LogP contribution in [0.4, 0.5) is 5.69 Å². The third kappa shape index (κ3) is 4.80. The molecule has 30 heavy (non-hydrogen) atoms. The topological polar surface area (TPSA) is 68.7 Å². The van der Waals surface area contributed by atoms with Crippen molar-refractivity contribution < 1.29 is 14.2 Å². The molecule has 0 unspecified atom stereocenters. The molecule has 4 rings (SSSR count). The first-order chi connectivity index (χ1) is 14.7. The fourth-order valence-corrected chi connectivity index (χ4v) is 3.53. The van der Waals surface area contributed by atoms with Crippen LogP contribution in [0.5, 0.6) is 17.4 Å². The number of aromatic nitrogens is 2. The first kappa shape index (κ1) is 20.0. The molecule has 1 aromatic carbocycles. The molecule has 1 aliphatic heterocycles. The van der Waals surface area contributed by atoms with Gasteiger partial charge in [-0.25, -0.2) is 4.98 Å². The molecule has 3 aromatic rings. The Labute approximate surface area is 176 Å². The van der Waals surface area contributed by atoms with E-state index >= 15 is 0 Å². The van der Waals surface area contributed by atoms with Gasteiger partial charge in [0.15, 0.2) is 0 Å². The highest BCUT2D eigenvalue weighted by molar-refractivity contribution is 5.52. The summed E-state index contributed by atoms with van der Waals surface area (Å²) in [6, 6.07) is 11.8. The third-order valence-corrected chi connectivity index (χ3v) is 5.09. The normalized spacial score (nSPS) is 13.7. The van der Waals surface area contributed by atoms with E-state index in [4.69, 9.17) is 14.2 Å². The first-order valence-corrected chi connectivity index (χ1v) is 9.93. The number of rotatable bonds is 7. The molecule has 0 amide bonds. The van der Waals surface area contributed by atoms with Crippen molar-refractivity contribution in [3.05, 3.63) is 71.7 Å². The van der Waals surface area contributed by atoms with E-state index in [1.165, 1.54) is 0 Å². The second kappa shape index (κ2) is 9.45. The predicted molar refractivity (Wildman–Crippen MR) is 115 cm³/mol. The number of methoxy groups -OCH3 is 2. The fourth-order valence-electron chi connectivity index (χ4n) is 3.53. The number of hydrogen-bond acceptors (Lipinski definition) is 7. The molecule has 0 spiro atoms. The van der Waals surface area contributed by atoms with E-state index in [1.54, 1.807) is 26.6 Å². The van der Waals surface area contributed by atoms with Crippen LogP contribution < -0.4 is 19.5 Å². The summed E-state index contributed by atoms with van der Waals surface area (Å²) < 4.78 is 16.8. The van der Waals surface area contributed by atoms with E-state index in [2.05, 4.69) is 20.2 Å². The lowest BCUT2D eigenvalue weighted by Gasteiger charge is -2.21. The molecule has 0 saturated heterocycles. The molecule has 0 bridgehead atoms. The number of fused-ring (bicyclic) bond motifs is 1. The molecule has 3 heterocycles. The lowest BCUT2D eigenvalue weighted by molar-refractivity contribution is 0.264. The van der Waals surface area contributed by atoms with Gasteiger partial charge in [-0.3, -0.25) is 9.88 Å². The average Bonchev–Trinajstić information content (AvgIpc) is 2.99. The van der Waals surface area contributed by atoms with Crippen molar-refractivity contribution in [1.29, 1.82) is 0 Å². The number of anilines is 1. The molecule has 0 fully saturated rings. The van der Waals surface area contributed by atoms with Gasteiger partial charge in [0.05, 0.1) is 26.1 Å². The Kier molecular flexibility index (Phi) is 6.29. The molecule has 1 N–H and O–H groups in total. The van der Waals surface area contributed by atoms with Gasteiger partial charge in [0.1, 0.15) is 18.1 Å². The van der Waals surface area contributed by atoms with Crippen LogP contribution >= 0.6 is 0 Å². The summed E-state index contributed by atoms with van der Waals surface area (Å²) in [7, 11) is 3.37. The highest BCUT2D eigenvalue weighted by atomic mass is 16.5. The minimum Gasteiger partial charge on any atom is -0.497 e. The zero-order chi connectivity index (χ0) is 20.8. The van der Waals surface area contributed by atoms with Crippen molar-refractivity contribution in [3.8, 4) is 17.4 Å². The van der Waals surface area contributed by atoms with E-state index in [9.17, 15) is 0 Å². The number of nitrogens with zero attached hydrogens (tertiary/aromatic N) is 3. The Balaban J connectivity index is 1.48. The Bertz CT molecular complexity index is 981. The molecule has 1 aliphatic rings. The van der Waals surface area contributed by atoms with Gasteiger partial charge in [-0.1, -0.05) is 6.07 Å². The molecule has 156 valence electrons. The zero-order valence-corrected chi connectivity index (χ0v) is 17.3. The standard InChI is InChI=1S/C23H26N4O3/c1-28-20-5-6-22(29-2)19(10-20)15-27-9-8-25-21-13-26-23(11-18(21)14-27)30-16-17-4-3-7-24-12-17/h3-7,10-13,25H,8-9,14-16H2,1-2H3. The Morgan fingerprint density at radius 1 is 1.10 bits per heavy atom. The molecule has 0 saturated carbocycles. The van der Waals surface area contributed by atoms with Crippen LogP contribution in [-0.4, -0.2) is 42.2 Å². The summed E-state index contributed by atoms with van der Waals surface area (Å²) in [5, 5.41) is 3.47. The van der Waals surface area contributed by atoms with Crippen LogP contribution in [0.3, 0.4) is 0 Å². The Morgan fingerprint density at radius 2 is 2.03 bits per heavy atom. The van der Waals surface area contributed by atoms with Gasteiger partial charge < -0.3 is 19.5 Å². The van der Waals surface area contributed by atoms with Crippen LogP contribution in [0.2, 0.25) is 0 Å². The molecule has 7 nitrogen and oxygen atoms in total. The number of ether oxygens (including phenoxy) is 3. The molecule has 2 aromatic heterocycles. The van der Waals surface area contributed by atoms with E-state index in [-0.39, 0.29) is 0 Å². The van der Waals surface area contributed by atoms with Crippen molar-refractivity contribution in [2.24, 2.45) is 0 Å². The molecular formula is C23H26N4O3. The average molecular weight is 406 g/mol. The van der Waals surface area contributed by atoms with E-state index in [0.29, 0.717) is 12.5 Å². The van der Waals surface area contributed by atoms with Crippen molar-refractivity contribution in [3.63, 3.8) is 0 Å². The SMILES string of the molecule is COc1ccc(OC)c(CN2CCNc3cnc(OCc4cccnc4)cc3C2)c1. The van der Waals surface area contributed by atoms with Gasteiger partial charge >= 0.3 is 0 Å². The monoisotopic (exact) mass is 406 g/mol. The lowest BCUT2D eigenvalue weighted by Crippen LogP contribution is -2.25. The minimum atomic E-state index is 0.442.